The van der Waals surface area contributed by atoms with Gasteiger partial charge in [-0.25, -0.2) is 0 Å². The van der Waals surface area contributed by atoms with Gasteiger partial charge in [0.25, 0.3) is 0 Å². The standard InChI is InChI=1S/C17H17NO2S/c1-2-6-12-9-13(17(20)21)10-14(18)15(12)16(19)11-7-4-3-5-8-11/h3-5,7-10H,2,6,18H2,1H3,(H,20,21). The second-order valence-electron chi connectivity index (χ2n) is 4.85. The number of hydrogen-bond acceptors (Lipinski definition) is 3. The first-order valence-corrected chi connectivity index (χ1v) is 7.24. The summed E-state index contributed by atoms with van der Waals surface area (Å²) >= 11 is 3.83. The molecule has 0 atom stereocenters. The molecule has 0 aliphatic rings. The first-order valence-electron chi connectivity index (χ1n) is 6.80. The summed E-state index contributed by atoms with van der Waals surface area (Å²) in [6.45, 7) is 2.02. The summed E-state index contributed by atoms with van der Waals surface area (Å²) in [4.78, 5) is 24.1. The lowest BCUT2D eigenvalue weighted by Gasteiger charge is -2.13. The van der Waals surface area contributed by atoms with E-state index in [4.69, 9.17) is 5.73 Å². The minimum atomic E-state index is -0.349. The molecule has 0 heterocycles. The van der Waals surface area contributed by atoms with Crippen molar-refractivity contribution in [1.29, 1.82) is 0 Å². The van der Waals surface area contributed by atoms with Crippen molar-refractivity contribution < 1.29 is 9.59 Å². The Labute approximate surface area is 129 Å². The van der Waals surface area contributed by atoms with Crippen LogP contribution >= 0.6 is 12.6 Å². The average molecular weight is 299 g/mol. The van der Waals surface area contributed by atoms with Crippen molar-refractivity contribution in [2.45, 2.75) is 19.8 Å². The van der Waals surface area contributed by atoms with E-state index in [0.717, 1.165) is 12.0 Å². The summed E-state index contributed by atoms with van der Waals surface area (Å²) in [5.74, 6) is -0.116. The molecule has 2 aromatic carbocycles. The summed E-state index contributed by atoms with van der Waals surface area (Å²) < 4.78 is 0. The van der Waals surface area contributed by atoms with E-state index in [1.165, 1.54) is 6.07 Å². The van der Waals surface area contributed by atoms with Crippen LogP contribution in [0.3, 0.4) is 0 Å². The average Bonchev–Trinajstić information content (AvgIpc) is 2.47. The van der Waals surface area contributed by atoms with Gasteiger partial charge in [-0.05, 0) is 24.1 Å². The SMILES string of the molecule is CCCc1cc(C(=O)S)cc(N)c1C(=O)c1ccccc1. The summed E-state index contributed by atoms with van der Waals surface area (Å²) in [5, 5.41) is -0.349. The Morgan fingerprint density at radius 2 is 1.76 bits per heavy atom. The van der Waals surface area contributed by atoms with Crippen LogP contribution in [0.4, 0.5) is 5.69 Å². The van der Waals surface area contributed by atoms with Crippen molar-refractivity contribution >= 4 is 29.2 Å². The third kappa shape index (κ3) is 3.34. The quantitative estimate of drug-likeness (QED) is 0.504. The molecule has 2 rings (SSSR count). The molecule has 108 valence electrons. The van der Waals surface area contributed by atoms with Gasteiger partial charge in [0, 0.05) is 22.4 Å². The van der Waals surface area contributed by atoms with E-state index in [0.29, 0.717) is 28.8 Å². The maximum absolute atomic E-state index is 12.7. The van der Waals surface area contributed by atoms with Crippen LogP contribution in [0.1, 0.15) is 45.2 Å². The van der Waals surface area contributed by atoms with Gasteiger partial charge in [0.1, 0.15) is 0 Å². The van der Waals surface area contributed by atoms with Crippen molar-refractivity contribution in [2.24, 2.45) is 0 Å². The third-order valence-electron chi connectivity index (χ3n) is 3.28. The van der Waals surface area contributed by atoms with Gasteiger partial charge in [0.05, 0.1) is 0 Å². The summed E-state index contributed by atoms with van der Waals surface area (Å²) in [5.41, 5.74) is 8.64. The van der Waals surface area contributed by atoms with E-state index in [9.17, 15) is 9.59 Å². The van der Waals surface area contributed by atoms with E-state index in [2.05, 4.69) is 12.6 Å². The minimum absolute atomic E-state index is 0.116. The van der Waals surface area contributed by atoms with Gasteiger partial charge in [-0.15, -0.1) is 12.6 Å². The number of nitrogen functional groups attached to an aromatic ring is 1. The molecule has 0 amide bonds. The zero-order valence-electron chi connectivity index (χ0n) is 11.8. The van der Waals surface area contributed by atoms with Crippen molar-refractivity contribution in [1.82, 2.24) is 0 Å². The zero-order valence-corrected chi connectivity index (χ0v) is 12.7. The minimum Gasteiger partial charge on any atom is -0.398 e. The molecule has 0 saturated heterocycles. The molecule has 0 unspecified atom stereocenters. The van der Waals surface area contributed by atoms with E-state index in [-0.39, 0.29) is 10.9 Å². The Bertz CT molecular complexity index is 681. The number of ketones is 1. The van der Waals surface area contributed by atoms with Crippen LogP contribution in [0.2, 0.25) is 0 Å². The first kappa shape index (κ1) is 15.3. The maximum atomic E-state index is 12.7. The highest BCUT2D eigenvalue weighted by Crippen LogP contribution is 2.25. The van der Waals surface area contributed by atoms with Gasteiger partial charge >= 0.3 is 0 Å². The smallest absolute Gasteiger partial charge is 0.216 e. The molecule has 0 fully saturated rings. The molecule has 3 nitrogen and oxygen atoms in total. The predicted molar refractivity (Wildman–Crippen MR) is 88.0 cm³/mol. The number of benzene rings is 2. The van der Waals surface area contributed by atoms with Crippen LogP contribution in [-0.4, -0.2) is 10.9 Å². The number of hydrogen-bond donors (Lipinski definition) is 2. The Hall–Kier alpha value is -2.07. The van der Waals surface area contributed by atoms with Crippen molar-refractivity contribution in [2.75, 3.05) is 5.73 Å². The highest BCUT2D eigenvalue weighted by atomic mass is 32.1. The van der Waals surface area contributed by atoms with Crippen LogP contribution in [0.5, 0.6) is 0 Å². The Morgan fingerprint density at radius 1 is 1.10 bits per heavy atom. The molecule has 0 radical (unpaired) electrons. The van der Waals surface area contributed by atoms with Crippen LogP contribution in [-0.2, 0) is 6.42 Å². The van der Waals surface area contributed by atoms with E-state index in [1.807, 2.05) is 25.1 Å². The second kappa shape index (κ2) is 6.59. The molecular formula is C17H17NO2S. The zero-order chi connectivity index (χ0) is 15.4. The molecular weight excluding hydrogens is 282 g/mol. The fraction of sp³-hybridized carbons (Fsp3) is 0.176. The van der Waals surface area contributed by atoms with Crippen LogP contribution < -0.4 is 5.73 Å². The molecule has 0 aliphatic heterocycles. The van der Waals surface area contributed by atoms with Gasteiger partial charge in [-0.2, -0.15) is 0 Å². The predicted octanol–water partition coefficient (Wildman–Crippen LogP) is 3.52. The van der Waals surface area contributed by atoms with Gasteiger partial charge in [0.15, 0.2) is 5.78 Å². The van der Waals surface area contributed by atoms with Crippen molar-refractivity contribution in [3.8, 4) is 0 Å². The lowest BCUT2D eigenvalue weighted by atomic mass is 9.92. The van der Waals surface area contributed by atoms with E-state index < -0.39 is 0 Å². The molecule has 0 aliphatic carbocycles. The number of rotatable bonds is 5. The molecule has 0 spiro atoms. The van der Waals surface area contributed by atoms with Crippen LogP contribution in [0, 0.1) is 0 Å². The van der Waals surface area contributed by atoms with Gasteiger partial charge in [-0.3, -0.25) is 9.59 Å². The molecule has 4 heteroatoms. The molecule has 21 heavy (non-hydrogen) atoms. The lowest BCUT2D eigenvalue weighted by Crippen LogP contribution is -2.11. The Morgan fingerprint density at radius 3 is 2.33 bits per heavy atom. The van der Waals surface area contributed by atoms with E-state index >= 15 is 0 Å². The number of aryl methyl sites for hydroxylation is 1. The van der Waals surface area contributed by atoms with Crippen molar-refractivity contribution in [3.63, 3.8) is 0 Å². The Kier molecular flexibility index (Phi) is 4.81. The number of nitrogens with two attached hydrogens (primary N) is 1. The monoisotopic (exact) mass is 299 g/mol. The second-order valence-corrected chi connectivity index (χ2v) is 5.26. The summed E-state index contributed by atoms with van der Waals surface area (Å²) in [7, 11) is 0. The summed E-state index contributed by atoms with van der Waals surface area (Å²) in [6.07, 6.45) is 1.55. The van der Waals surface area contributed by atoms with Gasteiger partial charge in [0.2, 0.25) is 5.12 Å². The highest BCUT2D eigenvalue weighted by Gasteiger charge is 2.18. The largest absolute Gasteiger partial charge is 0.398 e. The first-order chi connectivity index (χ1) is 10.0. The van der Waals surface area contributed by atoms with Gasteiger partial charge < -0.3 is 5.73 Å². The molecule has 0 aromatic heterocycles. The molecule has 2 N–H and O–H groups in total. The van der Waals surface area contributed by atoms with Gasteiger partial charge in [-0.1, -0.05) is 43.7 Å². The Balaban J connectivity index is 2.57. The van der Waals surface area contributed by atoms with Crippen LogP contribution in [0.15, 0.2) is 42.5 Å². The topological polar surface area (TPSA) is 60.2 Å². The third-order valence-corrected chi connectivity index (χ3v) is 3.54. The summed E-state index contributed by atoms with van der Waals surface area (Å²) in [6, 6.07) is 12.2. The molecule has 0 bridgehead atoms. The number of thiol groups is 1. The fourth-order valence-electron chi connectivity index (χ4n) is 2.33. The highest BCUT2D eigenvalue weighted by molar-refractivity contribution is 7.97. The van der Waals surface area contributed by atoms with Crippen molar-refractivity contribution in [3.05, 3.63) is 64.7 Å². The molecule has 2 aromatic rings. The lowest BCUT2D eigenvalue weighted by molar-refractivity contribution is 0.103. The fourth-order valence-corrected chi connectivity index (χ4v) is 2.46. The number of carbonyl (C=O) groups excluding carboxylic acids is 2. The molecule has 0 saturated carbocycles. The number of anilines is 1. The number of carbonyl (C=O) groups is 2. The maximum Gasteiger partial charge on any atom is 0.216 e. The normalized spacial score (nSPS) is 10.4. The van der Waals surface area contributed by atoms with Crippen LogP contribution in [0.25, 0.3) is 0 Å². The van der Waals surface area contributed by atoms with E-state index in [1.54, 1.807) is 18.2 Å².